The van der Waals surface area contributed by atoms with Crippen molar-refractivity contribution in [3.8, 4) is 23.0 Å². The van der Waals surface area contributed by atoms with Gasteiger partial charge in [0, 0.05) is 12.6 Å². The first-order valence-corrected chi connectivity index (χ1v) is 15.7. The Hall–Kier alpha value is -3.15. The highest BCUT2D eigenvalue weighted by Crippen LogP contribution is 2.41. The summed E-state index contributed by atoms with van der Waals surface area (Å²) in [5.41, 5.74) is 3.43. The lowest BCUT2D eigenvalue weighted by molar-refractivity contribution is -0.116. The molecule has 6 heteroatoms. The number of hydrogen-bond donors (Lipinski definition) is 3. The molecule has 2 rings (SSSR count). The lowest BCUT2D eigenvalue weighted by Gasteiger charge is -2.28. The second kappa shape index (κ2) is 15.4. The molecule has 0 aliphatic heterocycles. The molecule has 3 N–H and O–H groups in total. The Morgan fingerprint density at radius 1 is 0.786 bits per heavy atom. The van der Waals surface area contributed by atoms with Crippen LogP contribution in [-0.4, -0.2) is 34.9 Å². The van der Waals surface area contributed by atoms with Crippen LogP contribution in [0.4, 0.5) is 0 Å². The molecule has 42 heavy (non-hydrogen) atoms. The van der Waals surface area contributed by atoms with Crippen molar-refractivity contribution in [2.45, 2.75) is 131 Å². The van der Waals surface area contributed by atoms with Crippen molar-refractivity contribution < 1.29 is 24.5 Å². The summed E-state index contributed by atoms with van der Waals surface area (Å²) >= 11 is 0. The number of carbonyl (C=O) groups excluding carboxylic acids is 1. The van der Waals surface area contributed by atoms with E-state index in [1.54, 1.807) is 18.2 Å². The average molecular weight is 582 g/mol. The van der Waals surface area contributed by atoms with Crippen LogP contribution in [0.1, 0.15) is 124 Å². The van der Waals surface area contributed by atoms with Crippen LogP contribution in [0.15, 0.2) is 30.3 Å². The minimum atomic E-state index is -0.190. The Balaban J connectivity index is 2.14. The number of amides is 1. The largest absolute Gasteiger partial charge is 0.507 e. The molecule has 2 aromatic rings. The second-order valence-corrected chi connectivity index (χ2v) is 13.2. The Bertz CT molecular complexity index is 1120. The van der Waals surface area contributed by atoms with Gasteiger partial charge in [-0.05, 0) is 89.8 Å². The van der Waals surface area contributed by atoms with Crippen LogP contribution in [0.2, 0.25) is 0 Å². The summed E-state index contributed by atoms with van der Waals surface area (Å²) in [5.74, 6) is 0.919. The Morgan fingerprint density at radius 3 is 1.64 bits per heavy atom. The maximum atomic E-state index is 12.7. The van der Waals surface area contributed by atoms with E-state index < -0.39 is 0 Å². The molecule has 0 fully saturated rings. The topological polar surface area (TPSA) is 88.0 Å². The highest BCUT2D eigenvalue weighted by Gasteiger charge is 2.26. The highest BCUT2D eigenvalue weighted by atomic mass is 16.5. The molecule has 0 aliphatic rings. The van der Waals surface area contributed by atoms with Crippen molar-refractivity contribution in [2.24, 2.45) is 0 Å². The summed E-state index contributed by atoms with van der Waals surface area (Å²) < 4.78 is 12.2. The van der Waals surface area contributed by atoms with Gasteiger partial charge in [0.1, 0.15) is 5.75 Å². The fourth-order valence-electron chi connectivity index (χ4n) is 4.87. The maximum Gasteiger partial charge on any atom is 0.243 e. The van der Waals surface area contributed by atoms with Gasteiger partial charge in [-0.2, -0.15) is 0 Å². The van der Waals surface area contributed by atoms with Gasteiger partial charge in [-0.25, -0.2) is 0 Å². The molecule has 0 radical (unpaired) electrons. The van der Waals surface area contributed by atoms with Crippen molar-refractivity contribution in [3.63, 3.8) is 0 Å². The molecule has 0 bridgehead atoms. The Labute approximate surface area is 254 Å². The normalized spacial score (nSPS) is 12.4. The lowest BCUT2D eigenvalue weighted by atomic mass is 9.78. The number of aromatic hydroxyl groups is 2. The average Bonchev–Trinajstić information content (AvgIpc) is 2.92. The maximum absolute atomic E-state index is 12.7. The van der Waals surface area contributed by atoms with E-state index in [1.807, 2.05) is 0 Å². The van der Waals surface area contributed by atoms with Gasteiger partial charge in [-0.3, -0.25) is 4.79 Å². The summed E-state index contributed by atoms with van der Waals surface area (Å²) in [6, 6.07) is 7.70. The summed E-state index contributed by atoms with van der Waals surface area (Å²) in [4.78, 5) is 12.7. The van der Waals surface area contributed by atoms with E-state index in [0.29, 0.717) is 23.8 Å². The summed E-state index contributed by atoms with van der Waals surface area (Å²) in [5, 5.41) is 24.8. The lowest BCUT2D eigenvalue weighted by Crippen LogP contribution is -2.22. The number of ether oxygens (including phenoxy) is 2. The number of hydrogen-bond acceptors (Lipinski definition) is 5. The minimum Gasteiger partial charge on any atom is -0.507 e. The molecule has 1 amide bonds. The third-order valence-corrected chi connectivity index (χ3v) is 7.63. The van der Waals surface area contributed by atoms with Gasteiger partial charge < -0.3 is 25.0 Å². The quantitative estimate of drug-likeness (QED) is 0.154. The molecular formula is C36H55NO5. The third-order valence-electron chi connectivity index (χ3n) is 7.63. The number of carbonyl (C=O) groups is 1. The predicted octanol–water partition coefficient (Wildman–Crippen LogP) is 8.59. The van der Waals surface area contributed by atoms with Crippen LogP contribution in [0.3, 0.4) is 0 Å². The van der Waals surface area contributed by atoms with E-state index in [-0.39, 0.29) is 34.7 Å². The van der Waals surface area contributed by atoms with Crippen molar-refractivity contribution in [1.29, 1.82) is 0 Å². The number of benzene rings is 2. The number of phenols is 2. The highest BCUT2D eigenvalue weighted by molar-refractivity contribution is 5.91. The van der Waals surface area contributed by atoms with Gasteiger partial charge in [0.2, 0.25) is 11.7 Å². The first-order valence-electron chi connectivity index (χ1n) is 15.7. The van der Waals surface area contributed by atoms with E-state index in [2.05, 4.69) is 86.7 Å². The molecule has 0 saturated heterocycles. The van der Waals surface area contributed by atoms with Crippen molar-refractivity contribution in [2.75, 3.05) is 6.54 Å². The Kier molecular flexibility index (Phi) is 12.8. The molecule has 0 aliphatic carbocycles. The van der Waals surface area contributed by atoms with Crippen LogP contribution in [0, 0.1) is 0 Å². The van der Waals surface area contributed by atoms with Crippen LogP contribution in [0.25, 0.3) is 6.08 Å². The number of phenolic OH excluding ortho intramolecular Hbond substituents is 2. The standard InChI is InChI=1S/C36H55NO5/c1-11-26(12-2)41-30-22-25(23-31(34(30)40)42-27(13-3)14-4)17-18-32(38)37-19-15-16-24-20-28(35(5,6)7)33(39)29(21-24)36(8,9)10/h17-18,20-23,26-27,39-40H,11-16,19H2,1-10H3,(H,37,38)/b18-17+. The van der Waals surface area contributed by atoms with Gasteiger partial charge in [-0.1, -0.05) is 81.4 Å². The van der Waals surface area contributed by atoms with Crippen LogP contribution >= 0.6 is 0 Å². The fourth-order valence-corrected chi connectivity index (χ4v) is 4.87. The smallest absolute Gasteiger partial charge is 0.243 e. The summed E-state index contributed by atoms with van der Waals surface area (Å²) in [7, 11) is 0. The number of aryl methyl sites for hydroxylation is 1. The van der Waals surface area contributed by atoms with E-state index in [1.165, 1.54) is 6.08 Å². The molecule has 0 heterocycles. The van der Waals surface area contributed by atoms with Crippen molar-refractivity contribution in [3.05, 3.63) is 52.6 Å². The first-order chi connectivity index (χ1) is 19.6. The van der Waals surface area contributed by atoms with E-state index in [9.17, 15) is 15.0 Å². The van der Waals surface area contributed by atoms with Gasteiger partial charge in [0.15, 0.2) is 11.5 Å². The Morgan fingerprint density at radius 2 is 1.24 bits per heavy atom. The van der Waals surface area contributed by atoms with E-state index >= 15 is 0 Å². The van der Waals surface area contributed by atoms with Gasteiger partial charge in [-0.15, -0.1) is 0 Å². The second-order valence-electron chi connectivity index (χ2n) is 13.2. The van der Waals surface area contributed by atoms with Gasteiger partial charge >= 0.3 is 0 Å². The zero-order valence-corrected chi connectivity index (χ0v) is 27.7. The minimum absolute atomic E-state index is 0.00568. The van der Waals surface area contributed by atoms with E-state index in [0.717, 1.165) is 60.8 Å². The zero-order valence-electron chi connectivity index (χ0n) is 27.7. The van der Waals surface area contributed by atoms with Gasteiger partial charge in [0.25, 0.3) is 0 Å². The monoisotopic (exact) mass is 581 g/mol. The molecule has 0 spiro atoms. The zero-order chi connectivity index (χ0) is 31.7. The third kappa shape index (κ3) is 9.99. The predicted molar refractivity (Wildman–Crippen MR) is 174 cm³/mol. The summed E-state index contributed by atoms with van der Waals surface area (Å²) in [6.07, 6.45) is 8.03. The fraction of sp³-hybridized carbons (Fsp3) is 0.583. The van der Waals surface area contributed by atoms with Crippen LogP contribution < -0.4 is 14.8 Å². The molecule has 0 saturated carbocycles. The molecular weight excluding hydrogens is 526 g/mol. The van der Waals surface area contributed by atoms with Crippen molar-refractivity contribution in [1.82, 2.24) is 5.32 Å². The molecule has 0 atom stereocenters. The molecule has 0 unspecified atom stereocenters. The molecule has 234 valence electrons. The number of nitrogens with one attached hydrogen (secondary N) is 1. The summed E-state index contributed by atoms with van der Waals surface area (Å²) in [6.45, 7) is 21.4. The van der Waals surface area contributed by atoms with Crippen LogP contribution in [0.5, 0.6) is 23.0 Å². The number of rotatable bonds is 14. The van der Waals surface area contributed by atoms with Crippen LogP contribution in [-0.2, 0) is 22.0 Å². The SMILES string of the molecule is CCC(CC)Oc1cc(/C=C/C(=O)NCCCc2cc(C(C)(C)C)c(O)c(C(C)(C)C)c2)cc(OC(CC)CC)c1O. The molecule has 0 aromatic heterocycles. The van der Waals surface area contributed by atoms with Gasteiger partial charge in [0.05, 0.1) is 12.2 Å². The van der Waals surface area contributed by atoms with E-state index in [4.69, 9.17) is 9.47 Å². The first kappa shape index (κ1) is 35.0. The molecule has 2 aromatic carbocycles. The molecule has 6 nitrogen and oxygen atoms in total. The van der Waals surface area contributed by atoms with Crippen molar-refractivity contribution >= 4 is 12.0 Å².